The fraction of sp³-hybridized carbons (Fsp3) is 0.294. The summed E-state index contributed by atoms with van der Waals surface area (Å²) in [7, 11) is 1.34. The second kappa shape index (κ2) is 7.80. The molecule has 0 saturated heterocycles. The minimum atomic E-state index is -1.58. The number of aliphatic carboxylic acids is 1. The lowest BCUT2D eigenvalue weighted by molar-refractivity contribution is -0.145. The van der Waals surface area contributed by atoms with Crippen LogP contribution in [0.15, 0.2) is 40.8 Å². The Labute approximate surface area is 143 Å². The highest BCUT2D eigenvalue weighted by Crippen LogP contribution is 2.16. The van der Waals surface area contributed by atoms with Crippen molar-refractivity contribution in [3.05, 3.63) is 53.7 Å². The number of hydrogen-bond acceptors (Lipinski definition) is 5. The van der Waals surface area contributed by atoms with Gasteiger partial charge in [0.2, 0.25) is 0 Å². The molecule has 0 aliphatic carbocycles. The van der Waals surface area contributed by atoms with Crippen LogP contribution in [0.4, 0.5) is 4.39 Å². The van der Waals surface area contributed by atoms with Crippen molar-refractivity contribution in [2.24, 2.45) is 0 Å². The number of furan rings is 1. The number of hydrogen-bond donors (Lipinski definition) is 2. The van der Waals surface area contributed by atoms with Gasteiger partial charge < -0.3 is 24.3 Å². The van der Waals surface area contributed by atoms with Crippen LogP contribution >= 0.6 is 0 Å². The van der Waals surface area contributed by atoms with Gasteiger partial charge in [0, 0.05) is 7.11 Å². The van der Waals surface area contributed by atoms with Gasteiger partial charge in [-0.1, -0.05) is 0 Å². The molecule has 1 unspecified atom stereocenters. The Morgan fingerprint density at radius 2 is 1.92 bits per heavy atom. The summed E-state index contributed by atoms with van der Waals surface area (Å²) in [5.74, 6) is -1.53. The number of rotatable bonds is 8. The zero-order valence-electron chi connectivity index (χ0n) is 13.7. The maximum atomic E-state index is 12.8. The quantitative estimate of drug-likeness (QED) is 0.757. The van der Waals surface area contributed by atoms with Gasteiger partial charge in [0.05, 0.1) is 6.61 Å². The molecule has 2 N–H and O–H groups in total. The standard InChI is InChI=1S/C17H18FNO6/c1-17(10-23-2,16(21)22)19-15(20)14-8-7-13(25-14)9-24-12-5-3-11(18)4-6-12/h3-8H,9-10H2,1-2H3,(H,19,20)(H,21,22). The Balaban J connectivity index is 1.98. The second-order valence-corrected chi connectivity index (χ2v) is 5.53. The van der Waals surface area contributed by atoms with Gasteiger partial charge in [0.1, 0.15) is 23.9 Å². The van der Waals surface area contributed by atoms with E-state index in [1.54, 1.807) is 0 Å². The molecule has 25 heavy (non-hydrogen) atoms. The number of amides is 1. The summed E-state index contributed by atoms with van der Waals surface area (Å²) < 4.78 is 28.4. The number of carboxylic acid groups (broad SMARTS) is 1. The van der Waals surface area contributed by atoms with Crippen LogP contribution in [-0.2, 0) is 16.1 Å². The van der Waals surface area contributed by atoms with E-state index in [9.17, 15) is 19.1 Å². The molecule has 0 saturated carbocycles. The molecule has 7 nitrogen and oxygen atoms in total. The van der Waals surface area contributed by atoms with Crippen molar-refractivity contribution < 1.29 is 33.0 Å². The number of methoxy groups -OCH3 is 1. The molecule has 0 spiro atoms. The maximum absolute atomic E-state index is 12.8. The lowest BCUT2D eigenvalue weighted by atomic mass is 10.0. The molecule has 1 amide bonds. The van der Waals surface area contributed by atoms with Gasteiger partial charge in [-0.15, -0.1) is 0 Å². The van der Waals surface area contributed by atoms with Crippen molar-refractivity contribution in [3.8, 4) is 5.75 Å². The van der Waals surface area contributed by atoms with Gasteiger partial charge in [0.15, 0.2) is 11.3 Å². The van der Waals surface area contributed by atoms with Gasteiger partial charge in [-0.2, -0.15) is 0 Å². The van der Waals surface area contributed by atoms with Crippen LogP contribution in [0.3, 0.4) is 0 Å². The molecule has 2 aromatic rings. The molecule has 0 bridgehead atoms. The lowest BCUT2D eigenvalue weighted by Gasteiger charge is -2.24. The summed E-state index contributed by atoms with van der Waals surface area (Å²) in [5.41, 5.74) is -1.58. The van der Waals surface area contributed by atoms with Crippen LogP contribution in [-0.4, -0.2) is 36.2 Å². The van der Waals surface area contributed by atoms with Crippen LogP contribution in [0, 0.1) is 5.82 Å². The Hall–Kier alpha value is -2.87. The molecule has 0 radical (unpaired) electrons. The molecule has 1 aromatic carbocycles. The largest absolute Gasteiger partial charge is 0.486 e. The number of carbonyl (C=O) groups is 2. The van der Waals surface area contributed by atoms with E-state index < -0.39 is 17.4 Å². The molecule has 0 aliphatic rings. The van der Waals surface area contributed by atoms with Gasteiger partial charge in [-0.05, 0) is 43.3 Å². The number of halogens is 1. The number of carbonyl (C=O) groups excluding carboxylic acids is 1. The van der Waals surface area contributed by atoms with E-state index in [2.05, 4.69) is 5.32 Å². The number of nitrogens with one attached hydrogen (secondary N) is 1. The minimum Gasteiger partial charge on any atom is -0.486 e. The Kier molecular flexibility index (Phi) is 5.76. The first kappa shape index (κ1) is 18.5. The van der Waals surface area contributed by atoms with E-state index >= 15 is 0 Å². The second-order valence-electron chi connectivity index (χ2n) is 5.53. The molecule has 0 aliphatic heterocycles. The summed E-state index contributed by atoms with van der Waals surface area (Å²) in [4.78, 5) is 23.5. The summed E-state index contributed by atoms with van der Waals surface area (Å²) in [6, 6.07) is 8.41. The molecular formula is C17H18FNO6. The third-order valence-corrected chi connectivity index (χ3v) is 3.37. The highest BCUT2D eigenvalue weighted by atomic mass is 19.1. The van der Waals surface area contributed by atoms with E-state index in [1.165, 1.54) is 50.4 Å². The van der Waals surface area contributed by atoms with Crippen molar-refractivity contribution in [2.45, 2.75) is 19.1 Å². The van der Waals surface area contributed by atoms with Crippen molar-refractivity contribution in [1.29, 1.82) is 0 Å². The topological polar surface area (TPSA) is 98.0 Å². The van der Waals surface area contributed by atoms with Crippen LogP contribution < -0.4 is 10.1 Å². The summed E-state index contributed by atoms with van der Waals surface area (Å²) in [6.45, 7) is 1.17. The normalized spacial score (nSPS) is 13.1. The van der Waals surface area contributed by atoms with Crippen LogP contribution in [0.2, 0.25) is 0 Å². The molecule has 1 heterocycles. The average Bonchev–Trinajstić information content (AvgIpc) is 3.03. The highest BCUT2D eigenvalue weighted by molar-refractivity contribution is 5.95. The maximum Gasteiger partial charge on any atom is 0.331 e. The van der Waals surface area contributed by atoms with Crippen LogP contribution in [0.5, 0.6) is 5.75 Å². The summed E-state index contributed by atoms with van der Waals surface area (Å²) in [5, 5.41) is 11.6. The monoisotopic (exact) mass is 351 g/mol. The lowest BCUT2D eigenvalue weighted by Crippen LogP contribution is -2.55. The number of ether oxygens (including phenoxy) is 2. The molecule has 1 atom stereocenters. The van der Waals surface area contributed by atoms with Crippen LogP contribution in [0.25, 0.3) is 0 Å². The van der Waals surface area contributed by atoms with E-state index in [4.69, 9.17) is 13.9 Å². The van der Waals surface area contributed by atoms with E-state index in [0.29, 0.717) is 11.5 Å². The Bertz CT molecular complexity index is 742. The zero-order valence-corrected chi connectivity index (χ0v) is 13.7. The third-order valence-electron chi connectivity index (χ3n) is 3.37. The van der Waals surface area contributed by atoms with Gasteiger partial charge in [-0.25, -0.2) is 9.18 Å². The third kappa shape index (κ3) is 4.80. The Morgan fingerprint density at radius 3 is 2.52 bits per heavy atom. The smallest absolute Gasteiger partial charge is 0.331 e. The van der Waals surface area contributed by atoms with Crippen molar-refractivity contribution in [3.63, 3.8) is 0 Å². The van der Waals surface area contributed by atoms with Gasteiger partial charge >= 0.3 is 5.97 Å². The molecular weight excluding hydrogens is 333 g/mol. The minimum absolute atomic E-state index is 0.0349. The Morgan fingerprint density at radius 1 is 1.24 bits per heavy atom. The van der Waals surface area contributed by atoms with Crippen LogP contribution in [0.1, 0.15) is 23.2 Å². The first-order valence-electron chi connectivity index (χ1n) is 7.36. The molecule has 134 valence electrons. The van der Waals surface area contributed by atoms with E-state index in [0.717, 1.165) is 0 Å². The number of carboxylic acids is 1. The van der Waals surface area contributed by atoms with Crippen molar-refractivity contribution >= 4 is 11.9 Å². The molecule has 1 aromatic heterocycles. The SMILES string of the molecule is COCC(C)(NC(=O)c1ccc(COc2ccc(F)cc2)o1)C(=O)O. The first-order valence-corrected chi connectivity index (χ1v) is 7.36. The fourth-order valence-corrected chi connectivity index (χ4v) is 2.01. The predicted octanol–water partition coefficient (Wildman–Crippen LogP) is 2.22. The van der Waals surface area contributed by atoms with Gasteiger partial charge in [0.25, 0.3) is 5.91 Å². The predicted molar refractivity (Wildman–Crippen MR) is 84.8 cm³/mol. The summed E-state index contributed by atoms with van der Waals surface area (Å²) in [6.07, 6.45) is 0. The molecule has 2 rings (SSSR count). The molecule has 8 heteroatoms. The number of benzene rings is 1. The highest BCUT2D eigenvalue weighted by Gasteiger charge is 2.36. The first-order chi connectivity index (χ1) is 11.8. The van der Waals surface area contributed by atoms with Gasteiger partial charge in [-0.3, -0.25) is 4.79 Å². The zero-order chi connectivity index (χ0) is 18.4. The van der Waals surface area contributed by atoms with Crippen molar-refractivity contribution in [1.82, 2.24) is 5.32 Å². The fourth-order valence-electron chi connectivity index (χ4n) is 2.01. The van der Waals surface area contributed by atoms with E-state index in [-0.39, 0.29) is 24.8 Å². The average molecular weight is 351 g/mol. The van der Waals surface area contributed by atoms with E-state index in [1.807, 2.05) is 0 Å². The van der Waals surface area contributed by atoms with Crippen molar-refractivity contribution in [2.75, 3.05) is 13.7 Å². The molecule has 0 fully saturated rings. The summed E-state index contributed by atoms with van der Waals surface area (Å²) >= 11 is 0.